The number of aromatic nitrogens is 2. The summed E-state index contributed by atoms with van der Waals surface area (Å²) in [5.74, 6) is 0.681. The van der Waals surface area contributed by atoms with E-state index in [0.717, 1.165) is 5.56 Å². The number of nitrogens with zero attached hydrogens (tertiary/aromatic N) is 1. The van der Waals surface area contributed by atoms with Gasteiger partial charge in [0.05, 0.1) is 22.9 Å². The van der Waals surface area contributed by atoms with Crippen molar-refractivity contribution in [3.05, 3.63) is 68.9 Å². The number of fused-ring (bicyclic) bond motifs is 1. The fraction of sp³-hybridized carbons (Fsp3) is 0.263. The third kappa shape index (κ3) is 4.56. The highest BCUT2D eigenvalue weighted by Crippen LogP contribution is 2.23. The molecule has 1 unspecified atom stereocenters. The van der Waals surface area contributed by atoms with Crippen LogP contribution in [0.2, 0.25) is 0 Å². The molecule has 0 saturated heterocycles. The number of ether oxygens (including phenoxy) is 1. The summed E-state index contributed by atoms with van der Waals surface area (Å²) in [5.41, 5.74) is -0.142. The Labute approximate surface area is 167 Å². The molecule has 0 aliphatic heterocycles. The van der Waals surface area contributed by atoms with Crippen molar-refractivity contribution in [3.63, 3.8) is 0 Å². The zero-order valence-electron chi connectivity index (χ0n) is 16.2. The molecule has 0 saturated carbocycles. The van der Waals surface area contributed by atoms with Crippen LogP contribution in [-0.4, -0.2) is 51.0 Å². The van der Waals surface area contributed by atoms with Crippen molar-refractivity contribution in [2.24, 2.45) is 0 Å². The van der Waals surface area contributed by atoms with E-state index in [-0.39, 0.29) is 28.4 Å². The monoisotopic (exact) mass is 418 g/mol. The fourth-order valence-electron chi connectivity index (χ4n) is 3.03. The van der Waals surface area contributed by atoms with E-state index in [1.54, 1.807) is 7.11 Å². The number of nitrogens with one attached hydrogen (secondary N) is 3. The van der Waals surface area contributed by atoms with Crippen molar-refractivity contribution in [2.45, 2.75) is 10.9 Å². The normalized spacial score (nSPS) is 13.0. The second-order valence-electron chi connectivity index (χ2n) is 6.72. The average Bonchev–Trinajstić information content (AvgIpc) is 2.67. The van der Waals surface area contributed by atoms with Gasteiger partial charge in [-0.3, -0.25) is 9.78 Å². The lowest BCUT2D eigenvalue weighted by Crippen LogP contribution is -2.34. The molecule has 3 rings (SSSR count). The molecule has 0 amide bonds. The molecule has 1 atom stereocenters. The van der Waals surface area contributed by atoms with E-state index >= 15 is 0 Å². The summed E-state index contributed by atoms with van der Waals surface area (Å²) in [6, 6.07) is 11.1. The van der Waals surface area contributed by atoms with Crippen LogP contribution in [0.1, 0.15) is 11.6 Å². The molecule has 0 aliphatic carbocycles. The summed E-state index contributed by atoms with van der Waals surface area (Å²) in [6.07, 6.45) is 0. The standard InChI is InChI=1S/C19H22N4O5S/c1-23(2)17(12-5-4-6-13(9-12)28-3)11-20-29(26,27)14-7-8-16-15(10-14)18(24)22-19(25)21-16/h4-10,17,20H,11H2,1-3H3,(H2,21,22,24,25). The minimum atomic E-state index is -3.88. The van der Waals surface area contributed by atoms with Gasteiger partial charge >= 0.3 is 5.69 Å². The predicted octanol–water partition coefficient (Wildman–Crippen LogP) is 0.806. The number of H-pyrrole nitrogens is 2. The Morgan fingerprint density at radius 1 is 1.10 bits per heavy atom. The van der Waals surface area contributed by atoms with Gasteiger partial charge in [-0.2, -0.15) is 0 Å². The average molecular weight is 418 g/mol. The van der Waals surface area contributed by atoms with Crippen molar-refractivity contribution in [3.8, 4) is 5.75 Å². The molecule has 1 aromatic heterocycles. The summed E-state index contributed by atoms with van der Waals surface area (Å²) in [4.78, 5) is 29.7. The van der Waals surface area contributed by atoms with E-state index in [4.69, 9.17) is 4.74 Å². The number of methoxy groups -OCH3 is 1. The van der Waals surface area contributed by atoms with Gasteiger partial charge in [0.25, 0.3) is 5.56 Å². The van der Waals surface area contributed by atoms with Gasteiger partial charge < -0.3 is 14.6 Å². The number of likely N-dealkylation sites (N-methyl/N-ethyl adjacent to an activating group) is 1. The topological polar surface area (TPSA) is 124 Å². The fourth-order valence-corrected chi connectivity index (χ4v) is 4.09. The first-order valence-electron chi connectivity index (χ1n) is 8.77. The second kappa shape index (κ2) is 8.19. The Morgan fingerprint density at radius 2 is 1.86 bits per heavy atom. The summed E-state index contributed by atoms with van der Waals surface area (Å²) >= 11 is 0. The molecular formula is C19H22N4O5S. The van der Waals surface area contributed by atoms with Gasteiger partial charge in [-0.1, -0.05) is 12.1 Å². The van der Waals surface area contributed by atoms with Crippen molar-refractivity contribution in [1.29, 1.82) is 0 Å². The van der Waals surface area contributed by atoms with Crippen molar-refractivity contribution in [1.82, 2.24) is 19.6 Å². The molecule has 0 aliphatic rings. The van der Waals surface area contributed by atoms with Gasteiger partial charge in [0.2, 0.25) is 10.0 Å². The largest absolute Gasteiger partial charge is 0.497 e. The molecule has 154 valence electrons. The predicted molar refractivity (Wildman–Crippen MR) is 110 cm³/mol. The molecule has 2 aromatic carbocycles. The first-order chi connectivity index (χ1) is 13.7. The van der Waals surface area contributed by atoms with Crippen LogP contribution in [0.4, 0.5) is 0 Å². The summed E-state index contributed by atoms with van der Waals surface area (Å²) in [7, 11) is 1.39. The van der Waals surface area contributed by atoms with Crippen LogP contribution in [-0.2, 0) is 10.0 Å². The Bertz CT molecular complexity index is 1250. The van der Waals surface area contributed by atoms with Crippen LogP contribution < -0.4 is 20.7 Å². The third-order valence-electron chi connectivity index (χ3n) is 4.59. The van der Waals surface area contributed by atoms with E-state index in [9.17, 15) is 18.0 Å². The first-order valence-corrected chi connectivity index (χ1v) is 10.3. The second-order valence-corrected chi connectivity index (χ2v) is 8.49. The number of hydrogen-bond acceptors (Lipinski definition) is 6. The maximum atomic E-state index is 12.8. The molecule has 3 N–H and O–H groups in total. The minimum Gasteiger partial charge on any atom is -0.497 e. The molecule has 1 heterocycles. The molecule has 0 radical (unpaired) electrons. The highest BCUT2D eigenvalue weighted by molar-refractivity contribution is 7.89. The number of hydrogen-bond donors (Lipinski definition) is 3. The summed E-state index contributed by atoms with van der Waals surface area (Å²) in [5, 5.41) is 0.0874. The Balaban J connectivity index is 1.88. The highest BCUT2D eigenvalue weighted by atomic mass is 32.2. The van der Waals surface area contributed by atoms with Gasteiger partial charge in [-0.15, -0.1) is 0 Å². The van der Waals surface area contributed by atoms with Crippen LogP contribution in [0.25, 0.3) is 10.9 Å². The SMILES string of the molecule is COc1cccc(C(CNS(=O)(=O)c2ccc3[nH]c(=O)[nH]c(=O)c3c2)N(C)C)c1. The third-order valence-corrected chi connectivity index (χ3v) is 6.01. The van der Waals surface area contributed by atoms with Crippen LogP contribution in [0.3, 0.4) is 0 Å². The maximum absolute atomic E-state index is 12.8. The Morgan fingerprint density at radius 3 is 2.55 bits per heavy atom. The lowest BCUT2D eigenvalue weighted by atomic mass is 10.1. The Hall–Kier alpha value is -2.95. The number of benzene rings is 2. The van der Waals surface area contributed by atoms with Gasteiger partial charge in [-0.25, -0.2) is 17.9 Å². The highest BCUT2D eigenvalue weighted by Gasteiger charge is 2.21. The molecule has 3 aromatic rings. The number of rotatable bonds is 7. The van der Waals surface area contributed by atoms with Crippen LogP contribution >= 0.6 is 0 Å². The van der Waals surface area contributed by atoms with E-state index in [1.807, 2.05) is 43.3 Å². The Kier molecular flexibility index (Phi) is 5.87. The van der Waals surface area contributed by atoms with Gasteiger partial charge in [0.15, 0.2) is 0 Å². The van der Waals surface area contributed by atoms with E-state index in [2.05, 4.69) is 14.7 Å². The van der Waals surface area contributed by atoms with E-state index in [1.165, 1.54) is 18.2 Å². The minimum absolute atomic E-state index is 0.0642. The first kappa shape index (κ1) is 20.8. The van der Waals surface area contributed by atoms with E-state index in [0.29, 0.717) is 5.75 Å². The number of aromatic amines is 2. The van der Waals surface area contributed by atoms with Crippen LogP contribution in [0, 0.1) is 0 Å². The van der Waals surface area contributed by atoms with Crippen molar-refractivity contribution < 1.29 is 13.2 Å². The zero-order valence-corrected chi connectivity index (χ0v) is 17.0. The molecular weight excluding hydrogens is 396 g/mol. The summed E-state index contributed by atoms with van der Waals surface area (Å²) in [6.45, 7) is 0.114. The van der Waals surface area contributed by atoms with Gasteiger partial charge in [0.1, 0.15) is 5.75 Å². The molecule has 0 spiro atoms. The lowest BCUT2D eigenvalue weighted by Gasteiger charge is -2.25. The zero-order chi connectivity index (χ0) is 21.2. The van der Waals surface area contributed by atoms with Crippen molar-refractivity contribution in [2.75, 3.05) is 27.7 Å². The molecule has 29 heavy (non-hydrogen) atoms. The quantitative estimate of drug-likeness (QED) is 0.522. The molecule has 9 nitrogen and oxygen atoms in total. The van der Waals surface area contributed by atoms with Crippen LogP contribution in [0.5, 0.6) is 5.75 Å². The van der Waals surface area contributed by atoms with Gasteiger partial charge in [0, 0.05) is 12.6 Å². The maximum Gasteiger partial charge on any atom is 0.326 e. The van der Waals surface area contributed by atoms with Gasteiger partial charge in [-0.05, 0) is 50.0 Å². The molecule has 10 heteroatoms. The molecule has 0 bridgehead atoms. The lowest BCUT2D eigenvalue weighted by molar-refractivity contribution is 0.298. The number of sulfonamides is 1. The van der Waals surface area contributed by atoms with E-state index < -0.39 is 21.3 Å². The van der Waals surface area contributed by atoms with Crippen LogP contribution in [0.15, 0.2) is 56.9 Å². The van der Waals surface area contributed by atoms with Crippen molar-refractivity contribution >= 4 is 20.9 Å². The summed E-state index contributed by atoms with van der Waals surface area (Å²) < 4.78 is 33.4. The smallest absolute Gasteiger partial charge is 0.326 e. The molecule has 0 fully saturated rings.